The predicted molar refractivity (Wildman–Crippen MR) is 64.1 cm³/mol. The van der Waals surface area contributed by atoms with Crippen LogP contribution in [0, 0.1) is 0 Å². The molecule has 0 radical (unpaired) electrons. The molecule has 0 bridgehead atoms. The standard InChI is InChI=1S/C10H11N5OS/c11-10-15-7(6-17-10)3-9(16)14-5-8-4-12-1-2-13-8/h1-2,4,6H,3,5H2,(H2,11,15)(H,14,16). The van der Waals surface area contributed by atoms with Crippen LogP contribution in [0.2, 0.25) is 0 Å². The van der Waals surface area contributed by atoms with Crippen molar-refractivity contribution in [1.29, 1.82) is 0 Å². The van der Waals surface area contributed by atoms with Crippen LogP contribution in [-0.2, 0) is 17.8 Å². The number of hydrogen-bond donors (Lipinski definition) is 2. The normalized spacial score (nSPS) is 10.1. The van der Waals surface area contributed by atoms with E-state index in [0.717, 1.165) is 5.69 Å². The highest BCUT2D eigenvalue weighted by Crippen LogP contribution is 2.11. The summed E-state index contributed by atoms with van der Waals surface area (Å²) in [5.41, 5.74) is 6.88. The molecule has 0 unspecified atom stereocenters. The average Bonchev–Trinajstić information content (AvgIpc) is 2.73. The van der Waals surface area contributed by atoms with E-state index in [0.29, 0.717) is 17.4 Å². The van der Waals surface area contributed by atoms with E-state index in [2.05, 4.69) is 20.3 Å². The van der Waals surface area contributed by atoms with E-state index in [1.807, 2.05) is 0 Å². The Morgan fingerprint density at radius 2 is 2.29 bits per heavy atom. The van der Waals surface area contributed by atoms with Gasteiger partial charge in [0.05, 0.1) is 30.6 Å². The maximum absolute atomic E-state index is 11.6. The van der Waals surface area contributed by atoms with Crippen LogP contribution in [0.5, 0.6) is 0 Å². The summed E-state index contributed by atoms with van der Waals surface area (Å²) in [4.78, 5) is 23.5. The fourth-order valence-corrected chi connectivity index (χ4v) is 1.80. The highest BCUT2D eigenvalue weighted by Gasteiger charge is 2.06. The fraction of sp³-hybridized carbons (Fsp3) is 0.200. The van der Waals surface area contributed by atoms with Crippen LogP contribution in [0.3, 0.4) is 0 Å². The summed E-state index contributed by atoms with van der Waals surface area (Å²) >= 11 is 1.33. The van der Waals surface area contributed by atoms with E-state index in [1.165, 1.54) is 11.3 Å². The number of nitrogens with zero attached hydrogens (tertiary/aromatic N) is 3. The Hall–Kier alpha value is -2.02. The second kappa shape index (κ2) is 5.35. The molecule has 2 aromatic rings. The minimum absolute atomic E-state index is 0.110. The minimum atomic E-state index is -0.110. The number of carbonyl (C=O) groups is 1. The summed E-state index contributed by atoms with van der Waals surface area (Å²) in [6.07, 6.45) is 5.01. The van der Waals surface area contributed by atoms with Crippen molar-refractivity contribution in [2.75, 3.05) is 5.73 Å². The third-order valence-electron chi connectivity index (χ3n) is 1.99. The SMILES string of the molecule is Nc1nc(CC(=O)NCc2cnccn2)cs1. The molecule has 1 amide bonds. The van der Waals surface area contributed by atoms with Gasteiger partial charge in [0.25, 0.3) is 0 Å². The van der Waals surface area contributed by atoms with Gasteiger partial charge >= 0.3 is 0 Å². The number of aromatic nitrogens is 3. The summed E-state index contributed by atoms with van der Waals surface area (Å²) in [5.74, 6) is -0.110. The molecule has 0 spiro atoms. The molecule has 0 saturated carbocycles. The van der Waals surface area contributed by atoms with Crippen molar-refractivity contribution in [2.24, 2.45) is 0 Å². The maximum Gasteiger partial charge on any atom is 0.226 e. The number of thiazole rings is 1. The van der Waals surface area contributed by atoms with Gasteiger partial charge in [0.1, 0.15) is 0 Å². The van der Waals surface area contributed by atoms with Crippen LogP contribution in [0.4, 0.5) is 5.13 Å². The molecule has 0 aliphatic rings. The summed E-state index contributed by atoms with van der Waals surface area (Å²) in [6.45, 7) is 0.367. The predicted octanol–water partition coefficient (Wildman–Crippen LogP) is 0.374. The number of nitrogen functional groups attached to an aromatic ring is 1. The van der Waals surface area contributed by atoms with E-state index < -0.39 is 0 Å². The van der Waals surface area contributed by atoms with Crippen LogP contribution in [0.15, 0.2) is 24.0 Å². The van der Waals surface area contributed by atoms with Crippen molar-refractivity contribution in [2.45, 2.75) is 13.0 Å². The third-order valence-corrected chi connectivity index (χ3v) is 2.72. The Balaban J connectivity index is 1.82. The zero-order chi connectivity index (χ0) is 12.1. The lowest BCUT2D eigenvalue weighted by molar-refractivity contribution is -0.120. The van der Waals surface area contributed by atoms with E-state index >= 15 is 0 Å². The average molecular weight is 249 g/mol. The van der Waals surface area contributed by atoms with Crippen LogP contribution < -0.4 is 11.1 Å². The summed E-state index contributed by atoms with van der Waals surface area (Å²) in [6, 6.07) is 0. The van der Waals surface area contributed by atoms with E-state index in [-0.39, 0.29) is 12.3 Å². The summed E-state index contributed by atoms with van der Waals surface area (Å²) in [7, 11) is 0. The zero-order valence-electron chi connectivity index (χ0n) is 8.96. The maximum atomic E-state index is 11.6. The largest absolute Gasteiger partial charge is 0.375 e. The molecule has 17 heavy (non-hydrogen) atoms. The number of hydrogen-bond acceptors (Lipinski definition) is 6. The molecule has 88 valence electrons. The molecular formula is C10H11N5OS. The first kappa shape index (κ1) is 11.5. The van der Waals surface area contributed by atoms with E-state index in [9.17, 15) is 4.79 Å². The van der Waals surface area contributed by atoms with Crippen LogP contribution in [-0.4, -0.2) is 20.9 Å². The third kappa shape index (κ3) is 3.49. The van der Waals surface area contributed by atoms with Gasteiger partial charge in [0.2, 0.25) is 5.91 Å². The number of anilines is 1. The first-order chi connectivity index (χ1) is 8.24. The molecule has 0 aliphatic heterocycles. The van der Waals surface area contributed by atoms with Crippen molar-refractivity contribution in [3.05, 3.63) is 35.4 Å². The summed E-state index contributed by atoms with van der Waals surface area (Å²) in [5, 5.41) is 4.99. The quantitative estimate of drug-likeness (QED) is 0.816. The monoisotopic (exact) mass is 249 g/mol. The number of rotatable bonds is 4. The first-order valence-corrected chi connectivity index (χ1v) is 5.83. The van der Waals surface area contributed by atoms with Crippen molar-refractivity contribution in [3.63, 3.8) is 0 Å². The van der Waals surface area contributed by atoms with Gasteiger partial charge in [-0.3, -0.25) is 14.8 Å². The van der Waals surface area contributed by atoms with Gasteiger partial charge in [0, 0.05) is 17.8 Å². The molecular weight excluding hydrogens is 238 g/mol. The lowest BCUT2D eigenvalue weighted by atomic mass is 10.3. The highest BCUT2D eigenvalue weighted by atomic mass is 32.1. The van der Waals surface area contributed by atoms with E-state index in [1.54, 1.807) is 24.0 Å². The molecule has 0 saturated heterocycles. The molecule has 0 aromatic carbocycles. The van der Waals surface area contributed by atoms with Gasteiger partial charge in [0.15, 0.2) is 5.13 Å². The Bertz CT molecular complexity index is 498. The lowest BCUT2D eigenvalue weighted by Crippen LogP contribution is -2.25. The molecule has 2 aromatic heterocycles. The molecule has 0 atom stereocenters. The van der Waals surface area contributed by atoms with Gasteiger partial charge in [-0.25, -0.2) is 4.98 Å². The molecule has 2 heterocycles. The summed E-state index contributed by atoms with van der Waals surface area (Å²) < 4.78 is 0. The number of carbonyl (C=O) groups excluding carboxylic acids is 1. The molecule has 0 aliphatic carbocycles. The molecule has 2 rings (SSSR count). The first-order valence-electron chi connectivity index (χ1n) is 4.95. The number of amides is 1. The van der Waals surface area contributed by atoms with Gasteiger partial charge in [-0.1, -0.05) is 0 Å². The molecule has 3 N–H and O–H groups in total. The van der Waals surface area contributed by atoms with Crippen LogP contribution in [0.1, 0.15) is 11.4 Å². The molecule has 0 fully saturated rings. The van der Waals surface area contributed by atoms with Crippen molar-refractivity contribution in [1.82, 2.24) is 20.3 Å². The minimum Gasteiger partial charge on any atom is -0.375 e. The van der Waals surface area contributed by atoms with Crippen LogP contribution in [0.25, 0.3) is 0 Å². The smallest absolute Gasteiger partial charge is 0.226 e. The van der Waals surface area contributed by atoms with Crippen molar-refractivity contribution < 1.29 is 4.79 Å². The lowest BCUT2D eigenvalue weighted by Gasteiger charge is -2.02. The molecule has 6 nitrogen and oxygen atoms in total. The number of nitrogens with one attached hydrogen (secondary N) is 1. The van der Waals surface area contributed by atoms with Gasteiger partial charge < -0.3 is 11.1 Å². The second-order valence-electron chi connectivity index (χ2n) is 3.33. The Morgan fingerprint density at radius 1 is 1.41 bits per heavy atom. The van der Waals surface area contributed by atoms with Gasteiger partial charge in [-0.15, -0.1) is 11.3 Å². The van der Waals surface area contributed by atoms with Crippen LogP contribution >= 0.6 is 11.3 Å². The Kier molecular flexibility index (Phi) is 3.61. The number of nitrogens with two attached hydrogens (primary N) is 1. The topological polar surface area (TPSA) is 93.8 Å². The highest BCUT2D eigenvalue weighted by molar-refractivity contribution is 7.13. The zero-order valence-corrected chi connectivity index (χ0v) is 9.78. The Morgan fingerprint density at radius 3 is 2.94 bits per heavy atom. The van der Waals surface area contributed by atoms with Gasteiger partial charge in [-0.2, -0.15) is 0 Å². The van der Waals surface area contributed by atoms with Gasteiger partial charge in [-0.05, 0) is 0 Å². The van der Waals surface area contributed by atoms with Crippen molar-refractivity contribution in [3.8, 4) is 0 Å². The Labute approximate surface area is 102 Å². The van der Waals surface area contributed by atoms with E-state index in [4.69, 9.17) is 5.73 Å². The van der Waals surface area contributed by atoms with Crippen molar-refractivity contribution >= 4 is 22.4 Å². The second-order valence-corrected chi connectivity index (χ2v) is 4.22. The molecule has 7 heteroatoms. The fourth-order valence-electron chi connectivity index (χ4n) is 1.24.